The molecule has 0 fully saturated rings. The lowest BCUT2D eigenvalue weighted by Crippen LogP contribution is -2.05. The lowest BCUT2D eigenvalue weighted by Gasteiger charge is -2.08. The minimum Gasteiger partial charge on any atom is -0.505 e. The number of benzene rings is 1. The van der Waals surface area contributed by atoms with Gasteiger partial charge in [0.25, 0.3) is 0 Å². The van der Waals surface area contributed by atoms with Crippen molar-refractivity contribution in [1.29, 1.82) is 0 Å². The van der Waals surface area contributed by atoms with Crippen molar-refractivity contribution in [3.05, 3.63) is 23.5 Å². The molecule has 0 saturated carbocycles. The maximum atomic E-state index is 12.9. The summed E-state index contributed by atoms with van der Waals surface area (Å²) in [6.07, 6.45) is 0.452. The molecular formula is C9H12FNO3. The molecule has 0 aliphatic carbocycles. The van der Waals surface area contributed by atoms with Crippen LogP contribution in [0.4, 0.5) is 4.39 Å². The third-order valence-electron chi connectivity index (χ3n) is 1.84. The molecule has 1 aromatic rings. The summed E-state index contributed by atoms with van der Waals surface area (Å²) in [4.78, 5) is 4.38. The van der Waals surface area contributed by atoms with Crippen LogP contribution in [-0.2, 0) is 11.3 Å². The van der Waals surface area contributed by atoms with E-state index < -0.39 is 11.6 Å². The largest absolute Gasteiger partial charge is 0.505 e. The van der Waals surface area contributed by atoms with Gasteiger partial charge in [-0.05, 0) is 6.07 Å². The molecular weight excluding hydrogens is 189 g/mol. The average molecular weight is 201 g/mol. The zero-order chi connectivity index (χ0) is 10.6. The van der Waals surface area contributed by atoms with Gasteiger partial charge >= 0.3 is 0 Å². The van der Waals surface area contributed by atoms with Gasteiger partial charge in [-0.1, -0.05) is 0 Å². The number of hydrogen-bond donors (Lipinski definition) is 2. The second kappa shape index (κ2) is 4.78. The number of phenols is 1. The van der Waals surface area contributed by atoms with Crippen LogP contribution >= 0.6 is 0 Å². The molecule has 0 aliphatic heterocycles. The highest BCUT2D eigenvalue weighted by Crippen LogP contribution is 2.26. The van der Waals surface area contributed by atoms with E-state index in [0.29, 0.717) is 17.7 Å². The second-order valence-corrected chi connectivity index (χ2v) is 2.74. The normalized spacial score (nSPS) is 10.2. The van der Waals surface area contributed by atoms with Crippen molar-refractivity contribution < 1.29 is 19.1 Å². The Bertz CT molecular complexity index is 317. The summed E-state index contributed by atoms with van der Waals surface area (Å²) >= 11 is 0. The molecule has 0 aromatic heterocycles. The summed E-state index contributed by atoms with van der Waals surface area (Å²) in [7, 11) is 1.43. The third kappa shape index (κ3) is 2.34. The van der Waals surface area contributed by atoms with Crippen molar-refractivity contribution in [2.24, 2.45) is 5.90 Å². The fourth-order valence-electron chi connectivity index (χ4n) is 1.14. The van der Waals surface area contributed by atoms with Gasteiger partial charge in [0, 0.05) is 18.1 Å². The van der Waals surface area contributed by atoms with E-state index in [0.717, 1.165) is 6.07 Å². The van der Waals surface area contributed by atoms with Gasteiger partial charge in [-0.3, -0.25) is 0 Å². The Morgan fingerprint density at radius 3 is 2.79 bits per heavy atom. The maximum Gasteiger partial charge on any atom is 0.168 e. The third-order valence-corrected chi connectivity index (χ3v) is 1.84. The topological polar surface area (TPSA) is 64.7 Å². The summed E-state index contributed by atoms with van der Waals surface area (Å²) in [6.45, 7) is 0.279. The van der Waals surface area contributed by atoms with Gasteiger partial charge in [0.2, 0.25) is 0 Å². The molecule has 3 N–H and O–H groups in total. The lowest BCUT2D eigenvalue weighted by molar-refractivity contribution is 0.140. The van der Waals surface area contributed by atoms with E-state index in [1.165, 1.54) is 13.2 Å². The molecule has 0 atom stereocenters. The number of ether oxygens (including phenoxy) is 1. The second-order valence-electron chi connectivity index (χ2n) is 2.74. The van der Waals surface area contributed by atoms with Gasteiger partial charge in [-0.2, -0.15) is 0 Å². The van der Waals surface area contributed by atoms with Crippen molar-refractivity contribution >= 4 is 0 Å². The Balaban J connectivity index is 2.95. The van der Waals surface area contributed by atoms with E-state index in [1.54, 1.807) is 0 Å². The Kier molecular flexibility index (Phi) is 3.67. The summed E-state index contributed by atoms with van der Waals surface area (Å²) < 4.78 is 17.8. The molecule has 1 aromatic carbocycles. The van der Waals surface area contributed by atoms with E-state index >= 15 is 0 Å². The van der Waals surface area contributed by atoms with Gasteiger partial charge in [0.05, 0.1) is 13.7 Å². The van der Waals surface area contributed by atoms with Crippen molar-refractivity contribution in [3.63, 3.8) is 0 Å². The molecule has 4 nitrogen and oxygen atoms in total. The van der Waals surface area contributed by atoms with Gasteiger partial charge in [0.1, 0.15) is 5.75 Å². The predicted molar refractivity (Wildman–Crippen MR) is 48.5 cm³/mol. The van der Waals surface area contributed by atoms with E-state index in [2.05, 4.69) is 4.84 Å². The first-order valence-corrected chi connectivity index (χ1v) is 4.06. The molecule has 1 rings (SSSR count). The number of nitrogens with two attached hydrogens (primary N) is 1. The molecule has 0 unspecified atom stereocenters. The van der Waals surface area contributed by atoms with E-state index in [4.69, 9.17) is 15.7 Å². The molecule has 0 radical (unpaired) electrons. The Morgan fingerprint density at radius 2 is 2.21 bits per heavy atom. The van der Waals surface area contributed by atoms with Crippen molar-refractivity contribution in [1.82, 2.24) is 0 Å². The highest BCUT2D eigenvalue weighted by Gasteiger charge is 2.09. The summed E-state index contributed by atoms with van der Waals surface area (Å²) in [6, 6.07) is 2.42. The number of rotatable bonds is 4. The van der Waals surface area contributed by atoms with Crippen LogP contribution < -0.4 is 10.6 Å². The summed E-state index contributed by atoms with van der Waals surface area (Å²) in [5, 5.41) is 9.12. The zero-order valence-corrected chi connectivity index (χ0v) is 7.79. The fourth-order valence-corrected chi connectivity index (χ4v) is 1.14. The number of phenolic OH excluding ortho intramolecular Hbond substituents is 1. The van der Waals surface area contributed by atoms with Crippen molar-refractivity contribution in [3.8, 4) is 11.5 Å². The predicted octanol–water partition coefficient (Wildman–Crippen LogP) is 0.973. The molecule has 0 amide bonds. The summed E-state index contributed by atoms with van der Waals surface area (Å²) in [5.41, 5.74) is 0.650. The van der Waals surface area contributed by atoms with E-state index in [9.17, 15) is 4.39 Å². The van der Waals surface area contributed by atoms with Crippen LogP contribution in [0.3, 0.4) is 0 Å². The van der Waals surface area contributed by atoms with Crippen LogP contribution in [0.5, 0.6) is 11.5 Å². The molecule has 78 valence electrons. The van der Waals surface area contributed by atoms with Gasteiger partial charge < -0.3 is 14.7 Å². The van der Waals surface area contributed by atoms with E-state index in [1.807, 2.05) is 0 Å². The van der Waals surface area contributed by atoms with Crippen LogP contribution in [0.1, 0.15) is 5.56 Å². The van der Waals surface area contributed by atoms with Crippen molar-refractivity contribution in [2.45, 2.75) is 6.42 Å². The van der Waals surface area contributed by atoms with Gasteiger partial charge in [-0.25, -0.2) is 10.3 Å². The van der Waals surface area contributed by atoms with Crippen molar-refractivity contribution in [2.75, 3.05) is 13.7 Å². The highest BCUT2D eigenvalue weighted by atomic mass is 19.1. The Labute approximate surface area is 81.0 Å². The molecule has 5 heteroatoms. The maximum absolute atomic E-state index is 12.9. The van der Waals surface area contributed by atoms with E-state index in [-0.39, 0.29) is 6.61 Å². The van der Waals surface area contributed by atoms with Crippen LogP contribution in [0.2, 0.25) is 0 Å². The number of methoxy groups -OCH3 is 1. The van der Waals surface area contributed by atoms with Gasteiger partial charge in [-0.15, -0.1) is 0 Å². The standard InChI is InChI=1S/C9H12FNO3/c1-13-9-5-7(10)8(12)4-6(9)2-3-14-11/h4-5,12H,2-3,11H2,1H3. The van der Waals surface area contributed by atoms with Crippen LogP contribution in [-0.4, -0.2) is 18.8 Å². The first kappa shape index (κ1) is 10.7. The Hall–Kier alpha value is -1.33. The highest BCUT2D eigenvalue weighted by molar-refractivity contribution is 5.40. The first-order chi connectivity index (χ1) is 6.69. The molecule has 0 bridgehead atoms. The molecule has 0 heterocycles. The number of halogens is 1. The van der Waals surface area contributed by atoms with Crippen LogP contribution in [0.15, 0.2) is 12.1 Å². The molecule has 0 spiro atoms. The Morgan fingerprint density at radius 1 is 1.50 bits per heavy atom. The quantitative estimate of drug-likeness (QED) is 0.712. The average Bonchev–Trinajstić information content (AvgIpc) is 2.19. The molecule has 0 saturated heterocycles. The lowest BCUT2D eigenvalue weighted by atomic mass is 10.1. The smallest absolute Gasteiger partial charge is 0.168 e. The SMILES string of the molecule is COc1cc(F)c(O)cc1CCON. The summed E-state index contributed by atoms with van der Waals surface area (Å²) in [5.74, 6) is 4.12. The zero-order valence-electron chi connectivity index (χ0n) is 7.79. The molecule has 14 heavy (non-hydrogen) atoms. The van der Waals surface area contributed by atoms with Crippen LogP contribution in [0.25, 0.3) is 0 Å². The van der Waals surface area contributed by atoms with Gasteiger partial charge in [0.15, 0.2) is 11.6 Å². The minimum absolute atomic E-state index is 0.279. The minimum atomic E-state index is -0.709. The monoisotopic (exact) mass is 201 g/mol. The number of hydrogen-bond acceptors (Lipinski definition) is 4. The fraction of sp³-hybridized carbons (Fsp3) is 0.333. The van der Waals surface area contributed by atoms with Crippen LogP contribution in [0, 0.1) is 5.82 Å². The first-order valence-electron chi connectivity index (χ1n) is 4.06. The molecule has 0 aliphatic rings. The number of aromatic hydroxyl groups is 1.